The lowest BCUT2D eigenvalue weighted by Crippen LogP contribution is -2.12. The van der Waals surface area contributed by atoms with Gasteiger partial charge in [-0.15, -0.1) is 0 Å². The van der Waals surface area contributed by atoms with Crippen molar-refractivity contribution in [3.05, 3.63) is 29.1 Å². The molecule has 0 aliphatic rings. The second-order valence-electron chi connectivity index (χ2n) is 2.57. The standard InChI is InChI=1S/C8H4F5NO/c9-7(10)6-4(3-15)5(1-2-14-6)8(11,12)13/h1-3,7H. The number of rotatable bonds is 2. The maximum atomic E-state index is 12.2. The van der Waals surface area contributed by atoms with Crippen LogP contribution in [0.4, 0.5) is 22.0 Å². The van der Waals surface area contributed by atoms with Crippen LogP contribution in [0.2, 0.25) is 0 Å². The van der Waals surface area contributed by atoms with Gasteiger partial charge >= 0.3 is 6.18 Å². The van der Waals surface area contributed by atoms with Gasteiger partial charge in [0.15, 0.2) is 6.29 Å². The molecule has 1 aromatic rings. The maximum absolute atomic E-state index is 12.2. The lowest BCUT2D eigenvalue weighted by atomic mass is 10.1. The molecule has 2 nitrogen and oxygen atoms in total. The number of hydrogen-bond acceptors (Lipinski definition) is 2. The lowest BCUT2D eigenvalue weighted by molar-refractivity contribution is -0.138. The summed E-state index contributed by atoms with van der Waals surface area (Å²) in [7, 11) is 0. The van der Waals surface area contributed by atoms with Gasteiger partial charge in [0.25, 0.3) is 6.43 Å². The second-order valence-corrected chi connectivity index (χ2v) is 2.57. The Morgan fingerprint density at radius 2 is 1.93 bits per heavy atom. The van der Waals surface area contributed by atoms with Crippen LogP contribution in [0.15, 0.2) is 12.3 Å². The summed E-state index contributed by atoms with van der Waals surface area (Å²) in [5.74, 6) is 0. The van der Waals surface area contributed by atoms with Crippen LogP contribution in [0.3, 0.4) is 0 Å². The van der Waals surface area contributed by atoms with E-state index in [-0.39, 0.29) is 6.29 Å². The van der Waals surface area contributed by atoms with Gasteiger partial charge in [-0.3, -0.25) is 9.78 Å². The van der Waals surface area contributed by atoms with Crippen molar-refractivity contribution in [3.63, 3.8) is 0 Å². The van der Waals surface area contributed by atoms with Gasteiger partial charge in [-0.1, -0.05) is 0 Å². The van der Waals surface area contributed by atoms with E-state index in [1.807, 2.05) is 0 Å². The van der Waals surface area contributed by atoms with E-state index < -0.39 is 29.4 Å². The average molecular weight is 225 g/mol. The van der Waals surface area contributed by atoms with Crippen molar-refractivity contribution in [2.24, 2.45) is 0 Å². The predicted octanol–water partition coefficient (Wildman–Crippen LogP) is 2.85. The van der Waals surface area contributed by atoms with Crippen LogP contribution in [0.25, 0.3) is 0 Å². The molecule has 1 rings (SSSR count). The first-order chi connectivity index (χ1) is 6.88. The van der Waals surface area contributed by atoms with Crippen molar-refractivity contribution in [2.75, 3.05) is 0 Å². The smallest absolute Gasteiger partial charge is 0.298 e. The highest BCUT2D eigenvalue weighted by Gasteiger charge is 2.35. The van der Waals surface area contributed by atoms with Crippen LogP contribution in [0.1, 0.15) is 28.0 Å². The van der Waals surface area contributed by atoms with Gasteiger partial charge in [-0.2, -0.15) is 13.2 Å². The van der Waals surface area contributed by atoms with E-state index in [0.29, 0.717) is 12.3 Å². The summed E-state index contributed by atoms with van der Waals surface area (Å²) in [6.45, 7) is 0. The monoisotopic (exact) mass is 225 g/mol. The Morgan fingerprint density at radius 1 is 1.33 bits per heavy atom. The number of alkyl halides is 5. The van der Waals surface area contributed by atoms with Gasteiger partial charge in [0.2, 0.25) is 0 Å². The van der Waals surface area contributed by atoms with Crippen molar-refractivity contribution < 1.29 is 26.7 Å². The van der Waals surface area contributed by atoms with E-state index in [9.17, 15) is 26.7 Å². The second kappa shape index (κ2) is 3.92. The number of hydrogen-bond donors (Lipinski definition) is 0. The van der Waals surface area contributed by atoms with Crippen molar-refractivity contribution in [1.82, 2.24) is 4.98 Å². The third kappa shape index (κ3) is 2.28. The van der Waals surface area contributed by atoms with E-state index in [1.165, 1.54) is 0 Å². The number of aromatic nitrogens is 1. The molecule has 15 heavy (non-hydrogen) atoms. The molecule has 0 bridgehead atoms. The fraction of sp³-hybridized carbons (Fsp3) is 0.250. The topological polar surface area (TPSA) is 30.0 Å². The fourth-order valence-electron chi connectivity index (χ4n) is 1.03. The van der Waals surface area contributed by atoms with Crippen LogP contribution in [0.5, 0.6) is 0 Å². The first-order valence-electron chi connectivity index (χ1n) is 3.67. The fourth-order valence-corrected chi connectivity index (χ4v) is 1.03. The third-order valence-corrected chi connectivity index (χ3v) is 1.65. The molecule has 0 saturated carbocycles. The Balaban J connectivity index is 3.42. The number of halogens is 5. The zero-order valence-electron chi connectivity index (χ0n) is 7.05. The minimum atomic E-state index is -4.84. The summed E-state index contributed by atoms with van der Waals surface area (Å²) in [6, 6.07) is 0.482. The molecule has 0 unspecified atom stereocenters. The predicted molar refractivity (Wildman–Crippen MR) is 39.6 cm³/mol. The average Bonchev–Trinajstić information content (AvgIpc) is 2.15. The Kier molecular flexibility index (Phi) is 3.01. The molecule has 1 aromatic heterocycles. The Labute approximate surface area is 80.7 Å². The highest BCUT2D eigenvalue weighted by atomic mass is 19.4. The molecule has 0 saturated heterocycles. The lowest BCUT2D eigenvalue weighted by Gasteiger charge is -2.11. The molecule has 0 atom stereocenters. The molecule has 7 heteroatoms. The Morgan fingerprint density at radius 3 is 2.33 bits per heavy atom. The van der Waals surface area contributed by atoms with Crippen molar-refractivity contribution in [2.45, 2.75) is 12.6 Å². The SMILES string of the molecule is O=Cc1c(C(F)(F)F)ccnc1C(F)F. The molecule has 0 radical (unpaired) electrons. The number of aldehydes is 1. The van der Waals surface area contributed by atoms with E-state index >= 15 is 0 Å². The molecule has 0 aliphatic carbocycles. The maximum Gasteiger partial charge on any atom is 0.417 e. The molecule has 1 heterocycles. The number of carbonyl (C=O) groups is 1. The van der Waals surface area contributed by atoms with E-state index in [4.69, 9.17) is 0 Å². The molecule has 0 aliphatic heterocycles. The van der Waals surface area contributed by atoms with E-state index in [2.05, 4.69) is 4.98 Å². The largest absolute Gasteiger partial charge is 0.417 e. The molecule has 0 amide bonds. The highest BCUT2D eigenvalue weighted by Crippen LogP contribution is 2.34. The van der Waals surface area contributed by atoms with E-state index in [1.54, 1.807) is 0 Å². The molecule has 0 fully saturated rings. The summed E-state index contributed by atoms with van der Waals surface area (Å²) < 4.78 is 61.1. The van der Waals surface area contributed by atoms with Crippen LogP contribution >= 0.6 is 0 Å². The summed E-state index contributed by atoms with van der Waals surface area (Å²) >= 11 is 0. The summed E-state index contributed by atoms with van der Waals surface area (Å²) in [5, 5.41) is 0. The van der Waals surface area contributed by atoms with Crippen molar-refractivity contribution >= 4 is 6.29 Å². The van der Waals surface area contributed by atoms with Gasteiger partial charge in [0.05, 0.1) is 11.1 Å². The highest BCUT2D eigenvalue weighted by molar-refractivity contribution is 5.79. The molecular formula is C8H4F5NO. The van der Waals surface area contributed by atoms with Crippen LogP contribution in [-0.4, -0.2) is 11.3 Å². The van der Waals surface area contributed by atoms with E-state index in [0.717, 1.165) is 0 Å². The Bertz CT molecular complexity index is 374. The number of nitrogens with zero attached hydrogens (tertiary/aromatic N) is 1. The van der Waals surface area contributed by atoms with Crippen molar-refractivity contribution in [1.29, 1.82) is 0 Å². The summed E-state index contributed by atoms with van der Waals surface area (Å²) in [6.07, 6.45) is -7.73. The zero-order chi connectivity index (χ0) is 11.6. The quantitative estimate of drug-likeness (QED) is 0.572. The first kappa shape index (κ1) is 11.5. The van der Waals surface area contributed by atoms with Crippen LogP contribution in [0, 0.1) is 0 Å². The minimum Gasteiger partial charge on any atom is -0.298 e. The zero-order valence-corrected chi connectivity index (χ0v) is 7.05. The van der Waals surface area contributed by atoms with Crippen molar-refractivity contribution in [3.8, 4) is 0 Å². The summed E-state index contributed by atoms with van der Waals surface area (Å²) in [5.41, 5.74) is -3.66. The van der Waals surface area contributed by atoms with Gasteiger partial charge < -0.3 is 0 Å². The number of carbonyl (C=O) groups excluding carboxylic acids is 1. The molecule has 0 spiro atoms. The normalized spacial score (nSPS) is 11.9. The van der Waals surface area contributed by atoms with Gasteiger partial charge in [-0.25, -0.2) is 8.78 Å². The number of pyridine rings is 1. The molecule has 0 N–H and O–H groups in total. The summed E-state index contributed by atoms with van der Waals surface area (Å²) in [4.78, 5) is 13.4. The molecular weight excluding hydrogens is 221 g/mol. The van der Waals surface area contributed by atoms with Gasteiger partial charge in [-0.05, 0) is 6.07 Å². The van der Waals surface area contributed by atoms with Crippen LogP contribution < -0.4 is 0 Å². The first-order valence-corrected chi connectivity index (χ1v) is 3.67. The third-order valence-electron chi connectivity index (χ3n) is 1.65. The minimum absolute atomic E-state index is 0.267. The van der Waals surface area contributed by atoms with Crippen LogP contribution in [-0.2, 0) is 6.18 Å². The molecule has 82 valence electrons. The molecule has 0 aromatic carbocycles. The van der Waals surface area contributed by atoms with Gasteiger partial charge in [0.1, 0.15) is 5.69 Å². The Hall–Kier alpha value is -1.53. The van der Waals surface area contributed by atoms with Gasteiger partial charge in [0, 0.05) is 6.20 Å².